The van der Waals surface area contributed by atoms with Crippen molar-refractivity contribution in [3.63, 3.8) is 0 Å². The number of nitrogens with one attached hydrogen (secondary N) is 1. The number of halogens is 1. The molecule has 0 saturated heterocycles. The molecule has 3 N–H and O–H groups in total. The fourth-order valence-corrected chi connectivity index (χ4v) is 3.23. The maximum absolute atomic E-state index is 13.2. The summed E-state index contributed by atoms with van der Waals surface area (Å²) >= 11 is 0. The first-order valence-corrected chi connectivity index (χ1v) is 7.51. The van der Waals surface area contributed by atoms with Gasteiger partial charge in [0.2, 0.25) is 10.0 Å². The summed E-state index contributed by atoms with van der Waals surface area (Å²) in [7, 11) is -3.75. The molecule has 1 unspecified atom stereocenters. The third-order valence-corrected chi connectivity index (χ3v) is 4.50. The Labute approximate surface area is 117 Å². The lowest BCUT2D eigenvalue weighted by Crippen LogP contribution is -2.27. The van der Waals surface area contributed by atoms with E-state index >= 15 is 0 Å². The van der Waals surface area contributed by atoms with Crippen LogP contribution in [-0.4, -0.2) is 8.42 Å². The van der Waals surface area contributed by atoms with Crippen LogP contribution in [0.2, 0.25) is 0 Å². The lowest BCUT2D eigenvalue weighted by atomic mass is 10.1. The van der Waals surface area contributed by atoms with Gasteiger partial charge in [0, 0.05) is 6.04 Å². The Hall–Kier alpha value is -1.92. The quantitative estimate of drug-likeness (QED) is 0.851. The molecule has 0 amide bonds. The first-order valence-electron chi connectivity index (χ1n) is 6.02. The maximum atomic E-state index is 13.2. The van der Waals surface area contributed by atoms with Crippen molar-refractivity contribution < 1.29 is 12.8 Å². The molecule has 0 radical (unpaired) electrons. The minimum atomic E-state index is -3.75. The molecule has 106 valence electrons. The Bertz CT molecular complexity index is 717. The van der Waals surface area contributed by atoms with Crippen LogP contribution in [0.5, 0.6) is 0 Å². The zero-order valence-corrected chi connectivity index (χ0v) is 11.7. The SMILES string of the molecule is CC(NS(=O)(=O)c1ccccc1N)c1cccc(F)c1. The first kappa shape index (κ1) is 14.5. The summed E-state index contributed by atoms with van der Waals surface area (Å²) in [4.78, 5) is 0.0169. The van der Waals surface area contributed by atoms with Crippen molar-refractivity contribution >= 4 is 15.7 Å². The van der Waals surface area contributed by atoms with Gasteiger partial charge < -0.3 is 5.73 Å². The molecule has 0 fully saturated rings. The highest BCUT2D eigenvalue weighted by atomic mass is 32.2. The number of hydrogen-bond acceptors (Lipinski definition) is 3. The maximum Gasteiger partial charge on any atom is 0.243 e. The minimum absolute atomic E-state index is 0.0169. The molecule has 2 aromatic carbocycles. The van der Waals surface area contributed by atoms with Gasteiger partial charge in [-0.3, -0.25) is 0 Å². The van der Waals surface area contributed by atoms with Gasteiger partial charge in [0.25, 0.3) is 0 Å². The van der Waals surface area contributed by atoms with Gasteiger partial charge in [0.05, 0.1) is 5.69 Å². The second-order valence-electron chi connectivity index (χ2n) is 4.44. The van der Waals surface area contributed by atoms with Crippen LogP contribution in [0, 0.1) is 5.82 Å². The normalized spacial score (nSPS) is 13.1. The van der Waals surface area contributed by atoms with Gasteiger partial charge in [-0.05, 0) is 36.8 Å². The predicted octanol–water partition coefficient (Wildman–Crippen LogP) is 2.45. The fraction of sp³-hybridized carbons (Fsp3) is 0.143. The summed E-state index contributed by atoms with van der Waals surface area (Å²) in [6.45, 7) is 1.64. The van der Waals surface area contributed by atoms with Crippen LogP contribution in [0.3, 0.4) is 0 Å². The number of anilines is 1. The minimum Gasteiger partial charge on any atom is -0.398 e. The Morgan fingerprint density at radius 1 is 1.15 bits per heavy atom. The number of rotatable bonds is 4. The number of para-hydroxylation sites is 1. The molecular formula is C14H15FN2O2S. The van der Waals surface area contributed by atoms with Gasteiger partial charge in [0.15, 0.2) is 0 Å². The van der Waals surface area contributed by atoms with E-state index in [2.05, 4.69) is 4.72 Å². The lowest BCUT2D eigenvalue weighted by Gasteiger charge is -2.15. The van der Waals surface area contributed by atoms with E-state index in [9.17, 15) is 12.8 Å². The molecule has 0 spiro atoms. The fourth-order valence-electron chi connectivity index (χ4n) is 1.87. The molecule has 20 heavy (non-hydrogen) atoms. The average Bonchev–Trinajstić information content (AvgIpc) is 2.38. The second kappa shape index (κ2) is 5.60. The largest absolute Gasteiger partial charge is 0.398 e. The first-order chi connectivity index (χ1) is 9.40. The highest BCUT2D eigenvalue weighted by Gasteiger charge is 2.20. The Balaban J connectivity index is 2.27. The van der Waals surface area contributed by atoms with Crippen molar-refractivity contribution in [2.45, 2.75) is 17.9 Å². The van der Waals surface area contributed by atoms with Crippen LogP contribution in [0.25, 0.3) is 0 Å². The molecule has 1 atom stereocenters. The zero-order valence-electron chi connectivity index (χ0n) is 10.9. The molecule has 0 aliphatic carbocycles. The van der Waals surface area contributed by atoms with Crippen molar-refractivity contribution in [2.75, 3.05) is 5.73 Å². The molecular weight excluding hydrogens is 279 g/mol. The Morgan fingerprint density at radius 2 is 1.85 bits per heavy atom. The number of nitrogen functional groups attached to an aromatic ring is 1. The molecule has 2 rings (SSSR count). The van der Waals surface area contributed by atoms with E-state index in [4.69, 9.17) is 5.73 Å². The third-order valence-electron chi connectivity index (χ3n) is 2.89. The molecule has 0 saturated carbocycles. The highest BCUT2D eigenvalue weighted by molar-refractivity contribution is 7.89. The monoisotopic (exact) mass is 294 g/mol. The Morgan fingerprint density at radius 3 is 2.50 bits per heavy atom. The number of hydrogen-bond donors (Lipinski definition) is 2. The van der Waals surface area contributed by atoms with Gasteiger partial charge in [0.1, 0.15) is 10.7 Å². The van der Waals surface area contributed by atoms with Crippen molar-refractivity contribution in [1.29, 1.82) is 0 Å². The van der Waals surface area contributed by atoms with E-state index < -0.39 is 21.9 Å². The molecule has 6 heteroatoms. The highest BCUT2D eigenvalue weighted by Crippen LogP contribution is 2.21. The van der Waals surface area contributed by atoms with E-state index in [1.807, 2.05) is 0 Å². The number of nitrogens with two attached hydrogens (primary N) is 1. The van der Waals surface area contributed by atoms with Gasteiger partial charge in [-0.2, -0.15) is 0 Å². The summed E-state index contributed by atoms with van der Waals surface area (Å²) in [5.41, 5.74) is 6.38. The summed E-state index contributed by atoms with van der Waals surface area (Å²) in [6, 6.07) is 11.4. The molecule has 2 aromatic rings. The number of sulfonamides is 1. The van der Waals surface area contributed by atoms with Crippen molar-refractivity contribution in [1.82, 2.24) is 4.72 Å². The molecule has 0 aromatic heterocycles. The standard InChI is InChI=1S/C14H15FN2O2S/c1-10(11-5-4-6-12(15)9-11)17-20(18,19)14-8-3-2-7-13(14)16/h2-10,17H,16H2,1H3. The summed E-state index contributed by atoms with van der Waals surface area (Å²) in [5.74, 6) is -0.409. The van der Waals surface area contributed by atoms with Gasteiger partial charge in [-0.25, -0.2) is 17.5 Å². The predicted molar refractivity (Wildman–Crippen MR) is 76.0 cm³/mol. The van der Waals surface area contributed by atoms with Crippen LogP contribution in [0.1, 0.15) is 18.5 Å². The van der Waals surface area contributed by atoms with Crippen molar-refractivity contribution in [2.24, 2.45) is 0 Å². The lowest BCUT2D eigenvalue weighted by molar-refractivity contribution is 0.565. The smallest absolute Gasteiger partial charge is 0.243 e. The zero-order chi connectivity index (χ0) is 14.8. The van der Waals surface area contributed by atoms with Crippen molar-refractivity contribution in [3.05, 3.63) is 59.9 Å². The molecule has 0 aliphatic rings. The van der Waals surface area contributed by atoms with Crippen LogP contribution >= 0.6 is 0 Å². The van der Waals surface area contributed by atoms with Gasteiger partial charge in [-0.1, -0.05) is 24.3 Å². The van der Waals surface area contributed by atoms with Crippen LogP contribution < -0.4 is 10.5 Å². The molecule has 4 nitrogen and oxygen atoms in total. The summed E-state index contributed by atoms with van der Waals surface area (Å²) in [5, 5.41) is 0. The molecule has 0 bridgehead atoms. The Kier molecular flexibility index (Phi) is 4.06. The molecule has 0 heterocycles. The third kappa shape index (κ3) is 3.15. The summed E-state index contributed by atoms with van der Waals surface area (Å²) in [6.07, 6.45) is 0. The topological polar surface area (TPSA) is 72.2 Å². The van der Waals surface area contributed by atoms with E-state index in [-0.39, 0.29) is 10.6 Å². The van der Waals surface area contributed by atoms with Crippen molar-refractivity contribution in [3.8, 4) is 0 Å². The average molecular weight is 294 g/mol. The van der Waals surface area contributed by atoms with E-state index in [0.717, 1.165) is 0 Å². The van der Waals surface area contributed by atoms with E-state index in [1.165, 1.54) is 30.3 Å². The van der Waals surface area contributed by atoms with Crippen LogP contribution in [0.15, 0.2) is 53.4 Å². The van der Waals surface area contributed by atoms with Crippen LogP contribution in [-0.2, 0) is 10.0 Å². The van der Waals surface area contributed by atoms with E-state index in [0.29, 0.717) is 5.56 Å². The second-order valence-corrected chi connectivity index (χ2v) is 6.12. The summed E-state index contributed by atoms with van der Waals surface area (Å²) < 4.78 is 40.1. The van der Waals surface area contributed by atoms with Gasteiger partial charge >= 0.3 is 0 Å². The number of benzene rings is 2. The van der Waals surface area contributed by atoms with Gasteiger partial charge in [-0.15, -0.1) is 0 Å². The van der Waals surface area contributed by atoms with Crippen LogP contribution in [0.4, 0.5) is 10.1 Å². The van der Waals surface area contributed by atoms with E-state index in [1.54, 1.807) is 25.1 Å². The molecule has 0 aliphatic heterocycles.